The molecule has 2 aliphatic rings. The van der Waals surface area contributed by atoms with Gasteiger partial charge in [0.05, 0.1) is 36.9 Å². The van der Waals surface area contributed by atoms with Crippen LogP contribution in [0.2, 0.25) is 5.02 Å². The van der Waals surface area contributed by atoms with Crippen LogP contribution in [0.5, 0.6) is 0 Å². The van der Waals surface area contributed by atoms with Crippen LogP contribution in [0, 0.1) is 0 Å². The fourth-order valence-corrected chi connectivity index (χ4v) is 5.86. The maximum Gasteiger partial charge on any atom is 0.241 e. The van der Waals surface area contributed by atoms with Crippen molar-refractivity contribution in [3.8, 4) is 0 Å². The molecular weight excluding hydrogens is 364 g/mol. The summed E-state index contributed by atoms with van der Waals surface area (Å²) in [5, 5.41) is 0.515. The summed E-state index contributed by atoms with van der Waals surface area (Å²) in [6, 6.07) is 9.91. The quantitative estimate of drug-likeness (QED) is 0.813. The van der Waals surface area contributed by atoms with Gasteiger partial charge in [0, 0.05) is 16.8 Å². The van der Waals surface area contributed by atoms with Gasteiger partial charge in [0.2, 0.25) is 5.91 Å². The summed E-state index contributed by atoms with van der Waals surface area (Å²) in [6.45, 7) is 0.558. The number of rotatable bonds is 3. The third kappa shape index (κ3) is 3.19. The van der Waals surface area contributed by atoms with Gasteiger partial charge in [-0.2, -0.15) is 0 Å². The fourth-order valence-electron chi connectivity index (χ4n) is 3.70. The molecule has 0 spiro atoms. The number of hydrogen-bond donors (Lipinski definition) is 0. The number of carbonyl (C=O) groups is 1. The fraction of sp³-hybridized carbons (Fsp3) is 0.353. The first kappa shape index (κ1) is 16.6. The van der Waals surface area contributed by atoms with E-state index in [0.29, 0.717) is 23.0 Å². The highest BCUT2D eigenvalue weighted by atomic mass is 35.5. The zero-order chi connectivity index (χ0) is 17.6. The molecule has 8 heteroatoms. The van der Waals surface area contributed by atoms with E-state index in [-0.39, 0.29) is 30.0 Å². The Balaban J connectivity index is 1.69. The second-order valence-electron chi connectivity index (χ2n) is 6.44. The molecule has 2 saturated heterocycles. The van der Waals surface area contributed by atoms with Crippen LogP contribution in [0.15, 0.2) is 47.1 Å². The number of carbonyl (C=O) groups excluding carboxylic acids is 1. The summed E-state index contributed by atoms with van der Waals surface area (Å²) in [7, 11) is -3.21. The lowest BCUT2D eigenvalue weighted by Gasteiger charge is -2.43. The van der Waals surface area contributed by atoms with Gasteiger partial charge in [-0.15, -0.1) is 0 Å². The number of amides is 1. The van der Waals surface area contributed by atoms with Crippen LogP contribution in [0.4, 0.5) is 5.69 Å². The molecule has 0 radical (unpaired) electrons. The topological polar surface area (TPSA) is 70.8 Å². The predicted octanol–water partition coefficient (Wildman–Crippen LogP) is 1.95. The predicted molar refractivity (Wildman–Crippen MR) is 94.3 cm³/mol. The monoisotopic (exact) mass is 380 g/mol. The summed E-state index contributed by atoms with van der Waals surface area (Å²) in [4.78, 5) is 16.3. The van der Waals surface area contributed by atoms with Crippen LogP contribution in [0.1, 0.15) is 5.76 Å². The van der Waals surface area contributed by atoms with Crippen molar-refractivity contribution in [3.63, 3.8) is 0 Å². The zero-order valence-electron chi connectivity index (χ0n) is 13.3. The van der Waals surface area contributed by atoms with Gasteiger partial charge >= 0.3 is 0 Å². The largest absolute Gasteiger partial charge is 0.468 e. The molecule has 25 heavy (non-hydrogen) atoms. The number of anilines is 1. The van der Waals surface area contributed by atoms with Gasteiger partial charge in [-0.05, 0) is 30.3 Å². The Kier molecular flexibility index (Phi) is 4.10. The average Bonchev–Trinajstić information content (AvgIpc) is 3.14. The lowest BCUT2D eigenvalue weighted by molar-refractivity contribution is -0.123. The first-order valence-electron chi connectivity index (χ1n) is 7.97. The molecule has 6 nitrogen and oxygen atoms in total. The van der Waals surface area contributed by atoms with Gasteiger partial charge in [0.15, 0.2) is 9.84 Å². The Labute approximate surface area is 150 Å². The van der Waals surface area contributed by atoms with E-state index in [4.69, 9.17) is 16.0 Å². The molecular formula is C17H17ClN2O4S. The van der Waals surface area contributed by atoms with Crippen molar-refractivity contribution in [2.75, 3.05) is 23.0 Å². The third-order valence-corrected chi connectivity index (χ3v) is 6.66. The van der Waals surface area contributed by atoms with Crippen LogP contribution in [-0.4, -0.2) is 49.4 Å². The molecule has 132 valence electrons. The second-order valence-corrected chi connectivity index (χ2v) is 9.03. The molecule has 1 aromatic carbocycles. The summed E-state index contributed by atoms with van der Waals surface area (Å²) >= 11 is 6.06. The van der Waals surface area contributed by atoms with Crippen molar-refractivity contribution in [3.05, 3.63) is 53.4 Å². The SMILES string of the molecule is O=C1CN(Cc2ccco2)[C@H]2CS(=O)(=O)C[C@@H]2N1c1cccc(Cl)c1. The Morgan fingerprint density at radius 3 is 2.68 bits per heavy atom. The highest BCUT2D eigenvalue weighted by Crippen LogP contribution is 2.33. The van der Waals surface area contributed by atoms with Crippen LogP contribution in [0.25, 0.3) is 0 Å². The standard InChI is InChI=1S/C17H17ClN2O4S/c18-12-3-1-4-13(7-12)20-16-11-25(22,23)10-15(16)19(9-17(20)21)8-14-5-2-6-24-14/h1-7,15-16H,8-11H2/t15-,16-/m0/s1. The zero-order valence-corrected chi connectivity index (χ0v) is 14.9. The third-order valence-electron chi connectivity index (χ3n) is 4.73. The van der Waals surface area contributed by atoms with Gasteiger partial charge in [-0.1, -0.05) is 17.7 Å². The Bertz CT molecular complexity index is 897. The van der Waals surface area contributed by atoms with Crippen LogP contribution < -0.4 is 4.90 Å². The number of hydrogen-bond acceptors (Lipinski definition) is 5. The molecule has 1 amide bonds. The molecule has 4 rings (SSSR count). The molecule has 2 aromatic rings. The van der Waals surface area contributed by atoms with Crippen molar-refractivity contribution < 1.29 is 17.6 Å². The lowest BCUT2D eigenvalue weighted by atomic mass is 10.0. The van der Waals surface area contributed by atoms with Crippen molar-refractivity contribution in [2.45, 2.75) is 18.6 Å². The van der Waals surface area contributed by atoms with Crippen molar-refractivity contribution in [1.29, 1.82) is 0 Å². The maximum atomic E-state index is 12.8. The molecule has 0 aliphatic carbocycles. The van der Waals surface area contributed by atoms with Crippen molar-refractivity contribution >= 4 is 33.0 Å². The summed E-state index contributed by atoms with van der Waals surface area (Å²) in [5.41, 5.74) is 0.641. The van der Waals surface area contributed by atoms with Crippen LogP contribution >= 0.6 is 11.6 Å². The Morgan fingerprint density at radius 1 is 1.16 bits per heavy atom. The van der Waals surface area contributed by atoms with E-state index in [1.807, 2.05) is 11.0 Å². The smallest absolute Gasteiger partial charge is 0.241 e. The van der Waals surface area contributed by atoms with E-state index < -0.39 is 15.9 Å². The van der Waals surface area contributed by atoms with Gasteiger partial charge in [-0.3, -0.25) is 9.69 Å². The average molecular weight is 381 g/mol. The van der Waals surface area contributed by atoms with Crippen LogP contribution in [-0.2, 0) is 21.2 Å². The van der Waals surface area contributed by atoms with E-state index in [1.54, 1.807) is 41.5 Å². The molecule has 0 bridgehead atoms. The molecule has 1 aromatic heterocycles. The number of sulfone groups is 1. The highest BCUT2D eigenvalue weighted by Gasteiger charge is 2.49. The van der Waals surface area contributed by atoms with E-state index >= 15 is 0 Å². The number of piperazine rings is 1. The molecule has 3 heterocycles. The van der Waals surface area contributed by atoms with Gasteiger partial charge in [0.1, 0.15) is 5.76 Å². The minimum atomic E-state index is -3.21. The van der Waals surface area contributed by atoms with Crippen molar-refractivity contribution in [2.24, 2.45) is 0 Å². The van der Waals surface area contributed by atoms with Gasteiger partial charge in [-0.25, -0.2) is 8.42 Å². The first-order valence-corrected chi connectivity index (χ1v) is 10.2. The van der Waals surface area contributed by atoms with Crippen LogP contribution in [0.3, 0.4) is 0 Å². The number of fused-ring (bicyclic) bond motifs is 1. The Hall–Kier alpha value is -1.83. The summed E-state index contributed by atoms with van der Waals surface area (Å²) in [6.07, 6.45) is 1.57. The minimum Gasteiger partial charge on any atom is -0.468 e. The highest BCUT2D eigenvalue weighted by molar-refractivity contribution is 7.91. The van der Waals surface area contributed by atoms with Gasteiger partial charge in [0.25, 0.3) is 0 Å². The molecule has 0 unspecified atom stereocenters. The van der Waals surface area contributed by atoms with E-state index in [1.165, 1.54) is 0 Å². The molecule has 2 aliphatic heterocycles. The maximum absolute atomic E-state index is 12.8. The summed E-state index contributed by atoms with van der Waals surface area (Å²) in [5.74, 6) is 0.590. The van der Waals surface area contributed by atoms with E-state index in [2.05, 4.69) is 0 Å². The molecule has 0 saturated carbocycles. The Morgan fingerprint density at radius 2 is 1.96 bits per heavy atom. The first-order chi connectivity index (χ1) is 11.9. The van der Waals surface area contributed by atoms with E-state index in [9.17, 15) is 13.2 Å². The number of halogens is 1. The minimum absolute atomic E-state index is 0.0371. The lowest BCUT2D eigenvalue weighted by Crippen LogP contribution is -2.61. The van der Waals surface area contributed by atoms with Crippen molar-refractivity contribution in [1.82, 2.24) is 4.90 Å². The summed E-state index contributed by atoms with van der Waals surface area (Å²) < 4.78 is 29.9. The normalized spacial score (nSPS) is 26.0. The number of benzene rings is 1. The molecule has 2 atom stereocenters. The number of nitrogens with zero attached hydrogens (tertiary/aromatic N) is 2. The van der Waals surface area contributed by atoms with Gasteiger partial charge < -0.3 is 9.32 Å². The van der Waals surface area contributed by atoms with E-state index in [0.717, 1.165) is 0 Å². The molecule has 0 N–H and O–H groups in total. The molecule has 2 fully saturated rings. The second kappa shape index (κ2) is 6.16. The number of furan rings is 1.